The Kier molecular flexibility index (Phi) is 5.83. The summed E-state index contributed by atoms with van der Waals surface area (Å²) < 4.78 is 41.9. The molecule has 0 amide bonds. The lowest BCUT2D eigenvalue weighted by Crippen LogP contribution is -2.30. The van der Waals surface area contributed by atoms with E-state index in [-0.39, 0.29) is 17.2 Å². The molecule has 166 valence electrons. The van der Waals surface area contributed by atoms with Crippen molar-refractivity contribution in [2.24, 2.45) is 0 Å². The second-order valence-corrected chi connectivity index (χ2v) is 10.2. The fourth-order valence-electron chi connectivity index (χ4n) is 3.62. The van der Waals surface area contributed by atoms with E-state index in [2.05, 4.69) is 15.0 Å². The minimum Gasteiger partial charge on any atom is -0.305 e. The van der Waals surface area contributed by atoms with Gasteiger partial charge in [0.2, 0.25) is 12.7 Å². The van der Waals surface area contributed by atoms with Crippen LogP contribution in [0.15, 0.2) is 109 Å². The van der Waals surface area contributed by atoms with Crippen molar-refractivity contribution in [1.82, 2.24) is 15.0 Å². The van der Waals surface area contributed by atoms with E-state index in [1.807, 2.05) is 36.4 Å². The summed E-state index contributed by atoms with van der Waals surface area (Å²) in [6.07, 6.45) is 0. The first-order valence-electron chi connectivity index (χ1n) is 10.5. The predicted molar refractivity (Wildman–Crippen MR) is 130 cm³/mol. The van der Waals surface area contributed by atoms with Crippen molar-refractivity contribution in [2.45, 2.75) is 0 Å². The lowest BCUT2D eigenvalue weighted by Gasteiger charge is -2.19. The van der Waals surface area contributed by atoms with Crippen LogP contribution >= 0.6 is 7.14 Å². The van der Waals surface area contributed by atoms with Crippen LogP contribution in [0, 0.1) is 11.6 Å². The number of rotatable bonds is 5. The van der Waals surface area contributed by atoms with Crippen LogP contribution in [0.25, 0.3) is 22.8 Å². The average Bonchev–Trinajstić information content (AvgIpc) is 2.90. The summed E-state index contributed by atoms with van der Waals surface area (Å²) in [4.78, 5) is 13.8. The number of benzene rings is 4. The number of hydrogen-bond donors (Lipinski definition) is 0. The highest BCUT2D eigenvalue weighted by Gasteiger charge is 2.34. The maximum atomic E-state index is 14.8. The summed E-state index contributed by atoms with van der Waals surface area (Å²) in [7, 11) is -3.50. The molecule has 0 saturated heterocycles. The van der Waals surface area contributed by atoms with Gasteiger partial charge >= 0.3 is 0 Å². The van der Waals surface area contributed by atoms with E-state index in [1.165, 1.54) is 24.3 Å². The van der Waals surface area contributed by atoms with Crippen molar-refractivity contribution >= 4 is 23.3 Å². The van der Waals surface area contributed by atoms with Crippen LogP contribution in [0.5, 0.6) is 0 Å². The average molecular weight is 469 g/mol. The van der Waals surface area contributed by atoms with Gasteiger partial charge in [0.1, 0.15) is 11.6 Å². The summed E-state index contributed by atoms with van der Waals surface area (Å²) in [5.41, 5.74) is 1.18. The van der Waals surface area contributed by atoms with Crippen molar-refractivity contribution in [3.05, 3.63) is 121 Å². The number of nitrogens with zero attached hydrogens (tertiary/aromatic N) is 3. The summed E-state index contributed by atoms with van der Waals surface area (Å²) in [5.74, 6) is -0.292. The van der Waals surface area contributed by atoms with Crippen LogP contribution in [-0.4, -0.2) is 15.0 Å². The van der Waals surface area contributed by atoms with Gasteiger partial charge in [0, 0.05) is 21.7 Å². The van der Waals surface area contributed by atoms with E-state index < -0.39 is 18.8 Å². The smallest absolute Gasteiger partial charge is 0.206 e. The summed E-state index contributed by atoms with van der Waals surface area (Å²) in [6, 6.07) is 29.5. The second kappa shape index (κ2) is 9.08. The third-order valence-corrected chi connectivity index (χ3v) is 8.16. The number of aromatic nitrogens is 3. The van der Waals surface area contributed by atoms with Crippen molar-refractivity contribution in [3.8, 4) is 22.8 Å². The van der Waals surface area contributed by atoms with Crippen LogP contribution in [0.1, 0.15) is 0 Å². The Morgan fingerprint density at radius 1 is 0.500 bits per heavy atom. The van der Waals surface area contributed by atoms with E-state index >= 15 is 0 Å². The molecule has 0 aliphatic heterocycles. The zero-order valence-electron chi connectivity index (χ0n) is 17.8. The normalized spacial score (nSPS) is 11.4. The molecule has 0 N–H and O–H groups in total. The van der Waals surface area contributed by atoms with Gasteiger partial charge in [-0.1, -0.05) is 60.7 Å². The Morgan fingerprint density at radius 3 is 1.26 bits per heavy atom. The Labute approximate surface area is 195 Å². The molecule has 4 nitrogen and oxygen atoms in total. The highest BCUT2D eigenvalue weighted by molar-refractivity contribution is 7.84. The molecule has 1 heterocycles. The second-order valence-electron chi connectivity index (χ2n) is 7.58. The van der Waals surface area contributed by atoms with E-state index in [0.29, 0.717) is 21.7 Å². The van der Waals surface area contributed by atoms with Crippen molar-refractivity contribution in [2.75, 3.05) is 0 Å². The monoisotopic (exact) mass is 469 g/mol. The van der Waals surface area contributed by atoms with Crippen molar-refractivity contribution < 1.29 is 13.3 Å². The first kappa shape index (κ1) is 21.8. The van der Waals surface area contributed by atoms with Gasteiger partial charge in [-0.25, -0.2) is 23.7 Å². The summed E-state index contributed by atoms with van der Waals surface area (Å²) in [6.45, 7) is 0. The SMILES string of the molecule is O=P(c1ccccc1)(c1ccccc1)c1nc(-c2ccc(F)cc2)nc(-c2ccc(F)cc2)n1. The Bertz CT molecular complexity index is 1370. The molecule has 0 fully saturated rings. The topological polar surface area (TPSA) is 55.7 Å². The maximum Gasteiger partial charge on any atom is 0.206 e. The minimum atomic E-state index is -3.50. The molecule has 0 bridgehead atoms. The van der Waals surface area contributed by atoms with Crippen LogP contribution in [0.3, 0.4) is 0 Å². The first-order valence-corrected chi connectivity index (χ1v) is 12.2. The fourth-order valence-corrected chi connectivity index (χ4v) is 6.03. The number of halogens is 2. The standard InChI is InChI=1S/C27H18F2N3OP/c28-21-15-11-19(12-16-21)25-30-26(20-13-17-22(29)18-14-20)32-27(31-25)34(33,23-7-3-1-4-8-23)24-9-5-2-6-10-24/h1-18H. The largest absolute Gasteiger partial charge is 0.305 e. The van der Waals surface area contributed by atoms with Gasteiger partial charge in [0.05, 0.1) is 0 Å². The van der Waals surface area contributed by atoms with E-state index in [4.69, 9.17) is 0 Å². The maximum absolute atomic E-state index is 14.8. The Hall–Kier alpha value is -4.02. The Balaban J connectivity index is 1.80. The van der Waals surface area contributed by atoms with Gasteiger partial charge in [-0.15, -0.1) is 0 Å². The molecule has 7 heteroatoms. The predicted octanol–water partition coefficient (Wildman–Crippen LogP) is 5.12. The third kappa shape index (κ3) is 4.16. The van der Waals surface area contributed by atoms with Crippen LogP contribution in [0.2, 0.25) is 0 Å². The third-order valence-electron chi connectivity index (χ3n) is 5.35. The van der Waals surface area contributed by atoms with Crippen molar-refractivity contribution in [3.63, 3.8) is 0 Å². The molecule has 5 aromatic rings. The van der Waals surface area contributed by atoms with E-state index in [1.54, 1.807) is 48.5 Å². The zero-order chi connectivity index (χ0) is 23.5. The Morgan fingerprint density at radius 2 is 0.882 bits per heavy atom. The summed E-state index contributed by atoms with van der Waals surface area (Å²) >= 11 is 0. The fraction of sp³-hybridized carbons (Fsp3) is 0. The van der Waals surface area contributed by atoms with Gasteiger partial charge < -0.3 is 4.57 Å². The van der Waals surface area contributed by atoms with Crippen molar-refractivity contribution in [1.29, 1.82) is 0 Å². The van der Waals surface area contributed by atoms with Gasteiger partial charge in [-0.05, 0) is 48.5 Å². The van der Waals surface area contributed by atoms with Gasteiger partial charge in [-0.3, -0.25) is 0 Å². The highest BCUT2D eigenvalue weighted by Crippen LogP contribution is 2.41. The summed E-state index contributed by atoms with van der Waals surface area (Å²) in [5, 5.41) is 1.14. The molecular weight excluding hydrogens is 451 g/mol. The number of hydrogen-bond acceptors (Lipinski definition) is 4. The van der Waals surface area contributed by atoms with Crippen LogP contribution in [-0.2, 0) is 4.57 Å². The molecule has 0 radical (unpaired) electrons. The first-order chi connectivity index (χ1) is 16.5. The highest BCUT2D eigenvalue weighted by atomic mass is 31.2. The minimum absolute atomic E-state index is 0.0959. The molecule has 0 aliphatic rings. The van der Waals surface area contributed by atoms with Gasteiger partial charge in [-0.2, -0.15) is 0 Å². The molecule has 34 heavy (non-hydrogen) atoms. The van der Waals surface area contributed by atoms with E-state index in [0.717, 1.165) is 0 Å². The van der Waals surface area contributed by atoms with Gasteiger partial charge in [0.25, 0.3) is 0 Å². The van der Waals surface area contributed by atoms with Crippen LogP contribution < -0.4 is 16.2 Å². The van der Waals surface area contributed by atoms with Gasteiger partial charge in [0.15, 0.2) is 11.6 Å². The molecule has 0 saturated carbocycles. The molecule has 1 aromatic heterocycles. The quantitative estimate of drug-likeness (QED) is 0.335. The zero-order valence-corrected chi connectivity index (χ0v) is 18.7. The molecule has 0 atom stereocenters. The molecule has 4 aromatic carbocycles. The molecule has 0 spiro atoms. The van der Waals surface area contributed by atoms with Crippen LogP contribution in [0.4, 0.5) is 8.78 Å². The lowest BCUT2D eigenvalue weighted by molar-refractivity contribution is 0.591. The molecule has 0 aliphatic carbocycles. The molecule has 5 rings (SSSR count). The lowest BCUT2D eigenvalue weighted by atomic mass is 10.2. The molecular formula is C27H18F2N3OP. The molecule has 0 unspecified atom stereocenters. The van der Waals surface area contributed by atoms with E-state index in [9.17, 15) is 13.3 Å².